The van der Waals surface area contributed by atoms with Gasteiger partial charge in [0.25, 0.3) is 0 Å². The lowest BCUT2D eigenvalue weighted by Gasteiger charge is -2.24. The van der Waals surface area contributed by atoms with Gasteiger partial charge in [0, 0.05) is 12.5 Å². The van der Waals surface area contributed by atoms with Gasteiger partial charge in [-0.3, -0.25) is 4.79 Å². The molecular formula is C8H17NO3S. The molecule has 0 aliphatic rings. The second kappa shape index (κ2) is 4.60. The molecule has 0 bridgehead atoms. The van der Waals surface area contributed by atoms with Gasteiger partial charge in [-0.2, -0.15) is 0 Å². The number of hydrogen-bond donors (Lipinski definition) is 0. The van der Waals surface area contributed by atoms with Gasteiger partial charge in [-0.25, -0.2) is 12.7 Å². The maximum absolute atomic E-state index is 11.4. The predicted molar refractivity (Wildman–Crippen MR) is 51.7 cm³/mol. The molecule has 0 aromatic rings. The zero-order valence-electron chi connectivity index (χ0n) is 8.57. The largest absolute Gasteiger partial charge is 0.274 e. The van der Waals surface area contributed by atoms with Crippen LogP contribution in [-0.2, 0) is 14.8 Å². The van der Waals surface area contributed by atoms with Gasteiger partial charge in [0.1, 0.15) is 0 Å². The van der Waals surface area contributed by atoms with Crippen molar-refractivity contribution >= 4 is 15.9 Å². The van der Waals surface area contributed by atoms with Crippen molar-refractivity contribution in [2.24, 2.45) is 0 Å². The summed E-state index contributed by atoms with van der Waals surface area (Å²) in [6, 6.07) is -0.294. The van der Waals surface area contributed by atoms with Gasteiger partial charge in [0.05, 0.1) is 5.75 Å². The number of sulfonamides is 1. The second-order valence-electron chi connectivity index (χ2n) is 3.04. The molecule has 13 heavy (non-hydrogen) atoms. The summed E-state index contributed by atoms with van der Waals surface area (Å²) in [4.78, 5) is 11.3. The third-order valence-electron chi connectivity index (χ3n) is 1.68. The summed E-state index contributed by atoms with van der Waals surface area (Å²) in [6.45, 7) is 6.58. The van der Waals surface area contributed by atoms with Crippen molar-refractivity contribution in [3.63, 3.8) is 0 Å². The van der Waals surface area contributed by atoms with Crippen LogP contribution in [0.5, 0.6) is 0 Å². The number of amides is 1. The van der Waals surface area contributed by atoms with Gasteiger partial charge in [-0.1, -0.05) is 6.92 Å². The fourth-order valence-electron chi connectivity index (χ4n) is 1.06. The number of rotatable bonds is 4. The third-order valence-corrected chi connectivity index (χ3v) is 3.64. The summed E-state index contributed by atoms with van der Waals surface area (Å²) in [7, 11) is -3.39. The molecule has 0 radical (unpaired) electrons. The molecule has 0 unspecified atom stereocenters. The maximum Gasteiger partial charge on any atom is 0.237 e. The van der Waals surface area contributed by atoms with Crippen LogP contribution in [-0.4, -0.2) is 30.4 Å². The van der Waals surface area contributed by atoms with E-state index in [0.29, 0.717) is 0 Å². The molecule has 0 saturated carbocycles. The monoisotopic (exact) mass is 207 g/mol. The lowest BCUT2D eigenvalue weighted by atomic mass is 10.3. The van der Waals surface area contributed by atoms with Crippen LogP contribution < -0.4 is 0 Å². The molecule has 5 heteroatoms. The predicted octanol–water partition coefficient (Wildman–Crippen LogP) is 0.983. The van der Waals surface area contributed by atoms with Crippen LogP contribution in [0, 0.1) is 0 Å². The molecule has 0 spiro atoms. The molecule has 0 aliphatic carbocycles. The minimum absolute atomic E-state index is 0.0308. The normalized spacial score (nSPS) is 11.8. The Kier molecular flexibility index (Phi) is 4.39. The Morgan fingerprint density at radius 1 is 1.31 bits per heavy atom. The highest BCUT2D eigenvalue weighted by Crippen LogP contribution is 2.09. The van der Waals surface area contributed by atoms with E-state index in [1.165, 1.54) is 6.92 Å². The van der Waals surface area contributed by atoms with E-state index in [4.69, 9.17) is 0 Å². The summed E-state index contributed by atoms with van der Waals surface area (Å²) in [5, 5.41) is 0. The Balaban J connectivity index is 4.94. The van der Waals surface area contributed by atoms with Crippen molar-refractivity contribution in [3.8, 4) is 0 Å². The minimum atomic E-state index is -3.39. The van der Waals surface area contributed by atoms with Crippen LogP contribution in [0.2, 0.25) is 0 Å². The van der Waals surface area contributed by atoms with Gasteiger partial charge in [0.15, 0.2) is 0 Å². The van der Waals surface area contributed by atoms with Crippen LogP contribution in [0.3, 0.4) is 0 Å². The molecule has 0 atom stereocenters. The number of nitrogens with zero attached hydrogens (tertiary/aromatic N) is 1. The van der Waals surface area contributed by atoms with E-state index in [9.17, 15) is 13.2 Å². The van der Waals surface area contributed by atoms with Crippen LogP contribution in [0.4, 0.5) is 0 Å². The van der Waals surface area contributed by atoms with Crippen LogP contribution >= 0.6 is 0 Å². The molecule has 0 fully saturated rings. The topological polar surface area (TPSA) is 54.5 Å². The zero-order valence-corrected chi connectivity index (χ0v) is 9.39. The van der Waals surface area contributed by atoms with E-state index in [1.807, 2.05) is 0 Å². The van der Waals surface area contributed by atoms with Crippen LogP contribution in [0.15, 0.2) is 0 Å². The molecule has 0 heterocycles. The average Bonchev–Trinajstić information content (AvgIpc) is 2.03. The van der Waals surface area contributed by atoms with Crippen molar-refractivity contribution in [2.45, 2.75) is 40.2 Å². The van der Waals surface area contributed by atoms with Crippen LogP contribution in [0.25, 0.3) is 0 Å². The molecule has 0 aliphatic heterocycles. The highest BCUT2D eigenvalue weighted by molar-refractivity contribution is 7.89. The van der Waals surface area contributed by atoms with E-state index >= 15 is 0 Å². The Morgan fingerprint density at radius 3 is 2.00 bits per heavy atom. The van der Waals surface area contributed by atoms with E-state index in [0.717, 1.165) is 4.31 Å². The van der Waals surface area contributed by atoms with Gasteiger partial charge in [-0.05, 0) is 20.8 Å². The fourth-order valence-corrected chi connectivity index (χ4v) is 2.42. The quantitative estimate of drug-likeness (QED) is 0.690. The molecule has 0 aromatic heterocycles. The average molecular weight is 207 g/mol. The SMILES string of the molecule is CCC(=O)N(C(C)C)S(=O)(=O)CC. The molecule has 0 rings (SSSR count). The number of carbonyl (C=O) groups is 1. The van der Waals surface area contributed by atoms with Crippen molar-refractivity contribution in [1.29, 1.82) is 0 Å². The van der Waals surface area contributed by atoms with Crippen molar-refractivity contribution in [1.82, 2.24) is 4.31 Å². The summed E-state index contributed by atoms with van der Waals surface area (Å²) in [5.74, 6) is -0.367. The highest BCUT2D eigenvalue weighted by atomic mass is 32.2. The molecule has 0 saturated heterocycles. The van der Waals surface area contributed by atoms with Crippen molar-refractivity contribution < 1.29 is 13.2 Å². The fraction of sp³-hybridized carbons (Fsp3) is 0.875. The standard InChI is InChI=1S/C8H17NO3S/c1-5-8(10)9(7(3)4)13(11,12)6-2/h7H,5-6H2,1-4H3. The van der Waals surface area contributed by atoms with Gasteiger partial charge in [-0.15, -0.1) is 0 Å². The highest BCUT2D eigenvalue weighted by Gasteiger charge is 2.26. The lowest BCUT2D eigenvalue weighted by molar-refractivity contribution is -0.127. The van der Waals surface area contributed by atoms with Gasteiger partial charge < -0.3 is 0 Å². The summed E-state index contributed by atoms with van der Waals surface area (Å²) >= 11 is 0. The van der Waals surface area contributed by atoms with E-state index in [2.05, 4.69) is 0 Å². The second-order valence-corrected chi connectivity index (χ2v) is 5.17. The summed E-state index contributed by atoms with van der Waals surface area (Å²) < 4.78 is 23.9. The first-order chi connectivity index (χ1) is 5.86. The zero-order chi connectivity index (χ0) is 10.6. The maximum atomic E-state index is 11.4. The first kappa shape index (κ1) is 12.4. The van der Waals surface area contributed by atoms with Gasteiger partial charge in [0.2, 0.25) is 15.9 Å². The first-order valence-corrected chi connectivity index (χ1v) is 6.02. The van der Waals surface area contributed by atoms with E-state index in [1.54, 1.807) is 20.8 Å². The molecule has 78 valence electrons. The Bertz CT molecular complexity index is 269. The Morgan fingerprint density at radius 2 is 1.77 bits per heavy atom. The summed E-state index contributed by atoms with van der Waals surface area (Å²) in [6.07, 6.45) is 0.220. The number of hydrogen-bond acceptors (Lipinski definition) is 3. The van der Waals surface area contributed by atoms with Crippen LogP contribution in [0.1, 0.15) is 34.1 Å². The molecular weight excluding hydrogens is 190 g/mol. The van der Waals surface area contributed by atoms with Crippen molar-refractivity contribution in [3.05, 3.63) is 0 Å². The Hall–Kier alpha value is -0.580. The number of carbonyl (C=O) groups excluding carboxylic acids is 1. The lowest BCUT2D eigenvalue weighted by Crippen LogP contribution is -2.42. The smallest absolute Gasteiger partial charge is 0.237 e. The van der Waals surface area contributed by atoms with E-state index < -0.39 is 10.0 Å². The van der Waals surface area contributed by atoms with Crippen molar-refractivity contribution in [2.75, 3.05) is 5.75 Å². The Labute approximate surface area is 80.0 Å². The minimum Gasteiger partial charge on any atom is -0.274 e. The molecule has 0 aromatic carbocycles. The van der Waals surface area contributed by atoms with E-state index in [-0.39, 0.29) is 24.1 Å². The molecule has 1 amide bonds. The van der Waals surface area contributed by atoms with Gasteiger partial charge >= 0.3 is 0 Å². The third kappa shape index (κ3) is 2.99. The molecule has 0 N–H and O–H groups in total. The first-order valence-electron chi connectivity index (χ1n) is 4.41. The summed E-state index contributed by atoms with van der Waals surface area (Å²) in [5.41, 5.74) is 0. The molecule has 4 nitrogen and oxygen atoms in total.